The number of carbonyl (C=O) groups is 1. The molecule has 8 nitrogen and oxygen atoms in total. The molecule has 3 aromatic rings. The standard InChI is InChI=1S/C20H25N7O.2ClH/c1-3-11-27(4-2)18-10-7-15(13-22-18)20(28)23-16-8-5-14(6-9-16)19-24-17(12-21)25-26-19;;/h5-10,13H,3-4,11-12,21H2,1-2H3,(H,23,28)(H,24,25,26);2*1H. The molecule has 30 heavy (non-hydrogen) atoms. The van der Waals surface area contributed by atoms with Gasteiger partial charge in [-0.1, -0.05) is 6.92 Å². The van der Waals surface area contributed by atoms with E-state index >= 15 is 0 Å². The molecule has 0 aliphatic heterocycles. The van der Waals surface area contributed by atoms with Gasteiger partial charge in [-0.3, -0.25) is 9.89 Å². The highest BCUT2D eigenvalue weighted by Gasteiger charge is 2.10. The number of hydrogen-bond donors (Lipinski definition) is 3. The second-order valence-corrected chi connectivity index (χ2v) is 6.33. The summed E-state index contributed by atoms with van der Waals surface area (Å²) in [6.45, 7) is 6.36. The Labute approximate surface area is 188 Å². The molecule has 3 rings (SSSR count). The number of aromatic amines is 1. The van der Waals surface area contributed by atoms with E-state index in [4.69, 9.17) is 5.73 Å². The molecule has 0 saturated carbocycles. The molecule has 0 spiro atoms. The summed E-state index contributed by atoms with van der Waals surface area (Å²) in [5, 5.41) is 9.78. The highest BCUT2D eigenvalue weighted by molar-refractivity contribution is 6.04. The molecule has 1 aromatic carbocycles. The van der Waals surface area contributed by atoms with Crippen LogP contribution in [0.4, 0.5) is 11.5 Å². The Bertz CT molecular complexity index is 914. The third kappa shape index (κ3) is 6.16. The molecule has 10 heteroatoms. The number of hydrogen-bond acceptors (Lipinski definition) is 6. The first-order valence-corrected chi connectivity index (χ1v) is 9.38. The minimum atomic E-state index is -0.200. The molecule has 0 bridgehead atoms. The fourth-order valence-electron chi connectivity index (χ4n) is 2.83. The second kappa shape index (κ2) is 12.1. The van der Waals surface area contributed by atoms with E-state index in [1.54, 1.807) is 12.3 Å². The normalized spacial score (nSPS) is 9.97. The predicted molar refractivity (Wildman–Crippen MR) is 125 cm³/mol. The maximum absolute atomic E-state index is 12.5. The lowest BCUT2D eigenvalue weighted by Crippen LogP contribution is -2.24. The van der Waals surface area contributed by atoms with Crippen LogP contribution >= 0.6 is 24.8 Å². The summed E-state index contributed by atoms with van der Waals surface area (Å²) in [5.74, 6) is 1.89. The molecule has 0 radical (unpaired) electrons. The number of amides is 1. The predicted octanol–water partition coefficient (Wildman–Crippen LogP) is 3.66. The van der Waals surface area contributed by atoms with Gasteiger partial charge < -0.3 is 16.0 Å². The minimum Gasteiger partial charge on any atom is -0.357 e. The number of carbonyl (C=O) groups excluding carboxylic acids is 1. The highest BCUT2D eigenvalue weighted by Crippen LogP contribution is 2.19. The largest absolute Gasteiger partial charge is 0.357 e. The van der Waals surface area contributed by atoms with Gasteiger partial charge in [0.15, 0.2) is 5.82 Å². The number of H-pyrrole nitrogens is 1. The molecule has 0 unspecified atom stereocenters. The van der Waals surface area contributed by atoms with E-state index in [2.05, 4.69) is 44.2 Å². The van der Waals surface area contributed by atoms with Crippen LogP contribution in [-0.2, 0) is 6.54 Å². The molecule has 0 aliphatic rings. The number of anilines is 2. The zero-order valence-corrected chi connectivity index (χ0v) is 18.6. The molecular formula is C20H27Cl2N7O. The Balaban J connectivity index is 0.00000225. The average Bonchev–Trinajstić information content (AvgIpc) is 3.22. The van der Waals surface area contributed by atoms with Gasteiger partial charge in [0.25, 0.3) is 5.91 Å². The van der Waals surface area contributed by atoms with Crippen LogP contribution in [0, 0.1) is 0 Å². The van der Waals surface area contributed by atoms with E-state index in [9.17, 15) is 4.79 Å². The Hall–Kier alpha value is -2.68. The summed E-state index contributed by atoms with van der Waals surface area (Å²) in [4.78, 5) is 23.4. The van der Waals surface area contributed by atoms with E-state index in [-0.39, 0.29) is 30.7 Å². The topological polar surface area (TPSA) is 113 Å². The third-order valence-corrected chi connectivity index (χ3v) is 4.34. The first-order chi connectivity index (χ1) is 13.6. The molecule has 2 aromatic heterocycles. The number of nitrogens with one attached hydrogen (secondary N) is 2. The van der Waals surface area contributed by atoms with Gasteiger partial charge in [0.05, 0.1) is 12.1 Å². The summed E-state index contributed by atoms with van der Waals surface area (Å²) in [5.41, 5.74) is 7.58. The molecule has 0 fully saturated rings. The van der Waals surface area contributed by atoms with Crippen molar-refractivity contribution >= 4 is 42.2 Å². The molecule has 4 N–H and O–H groups in total. The quantitative estimate of drug-likeness (QED) is 0.481. The van der Waals surface area contributed by atoms with Crippen molar-refractivity contribution in [3.63, 3.8) is 0 Å². The fraction of sp³-hybridized carbons (Fsp3) is 0.300. The number of nitrogens with zero attached hydrogens (tertiary/aromatic N) is 4. The number of rotatable bonds is 8. The van der Waals surface area contributed by atoms with E-state index in [1.807, 2.05) is 30.3 Å². The Morgan fingerprint density at radius 1 is 1.13 bits per heavy atom. The Morgan fingerprint density at radius 3 is 2.40 bits per heavy atom. The van der Waals surface area contributed by atoms with Gasteiger partial charge in [-0.25, -0.2) is 9.97 Å². The van der Waals surface area contributed by atoms with Crippen molar-refractivity contribution in [3.8, 4) is 11.4 Å². The third-order valence-electron chi connectivity index (χ3n) is 4.34. The van der Waals surface area contributed by atoms with Gasteiger partial charge in [0.2, 0.25) is 0 Å². The summed E-state index contributed by atoms with van der Waals surface area (Å²) in [7, 11) is 0. The zero-order chi connectivity index (χ0) is 19.9. The van der Waals surface area contributed by atoms with Gasteiger partial charge in [0, 0.05) is 30.5 Å². The number of aromatic nitrogens is 4. The lowest BCUT2D eigenvalue weighted by atomic mass is 10.2. The number of nitrogens with two attached hydrogens (primary N) is 1. The molecule has 0 aliphatic carbocycles. The molecule has 2 heterocycles. The first kappa shape index (κ1) is 25.4. The van der Waals surface area contributed by atoms with Gasteiger partial charge >= 0.3 is 0 Å². The summed E-state index contributed by atoms with van der Waals surface area (Å²) in [6.07, 6.45) is 2.66. The van der Waals surface area contributed by atoms with Crippen LogP contribution < -0.4 is 16.0 Å². The summed E-state index contributed by atoms with van der Waals surface area (Å²) >= 11 is 0. The van der Waals surface area contributed by atoms with Crippen molar-refractivity contribution in [2.45, 2.75) is 26.8 Å². The van der Waals surface area contributed by atoms with Crippen molar-refractivity contribution in [1.82, 2.24) is 20.2 Å². The minimum absolute atomic E-state index is 0. The van der Waals surface area contributed by atoms with Gasteiger partial charge in [-0.05, 0) is 49.7 Å². The highest BCUT2D eigenvalue weighted by atomic mass is 35.5. The van der Waals surface area contributed by atoms with Crippen LogP contribution in [0.15, 0.2) is 42.6 Å². The molecule has 0 saturated heterocycles. The smallest absolute Gasteiger partial charge is 0.257 e. The maximum Gasteiger partial charge on any atom is 0.257 e. The number of halogens is 2. The molecular weight excluding hydrogens is 425 g/mol. The molecule has 1 amide bonds. The SMILES string of the molecule is CCCN(CC)c1ccc(C(=O)Nc2ccc(-c3n[nH]c(CN)n3)cc2)cn1.Cl.Cl. The van der Waals surface area contributed by atoms with Crippen LogP contribution in [0.25, 0.3) is 11.4 Å². The van der Waals surface area contributed by atoms with Crippen molar-refractivity contribution < 1.29 is 4.79 Å². The van der Waals surface area contributed by atoms with Gasteiger partial charge in [-0.15, -0.1) is 24.8 Å². The van der Waals surface area contributed by atoms with Crippen LogP contribution in [-0.4, -0.2) is 39.2 Å². The summed E-state index contributed by atoms with van der Waals surface area (Å²) in [6, 6.07) is 11.0. The molecule has 162 valence electrons. The van der Waals surface area contributed by atoms with E-state index in [0.29, 0.717) is 29.4 Å². The van der Waals surface area contributed by atoms with E-state index in [0.717, 1.165) is 30.9 Å². The average molecular weight is 452 g/mol. The van der Waals surface area contributed by atoms with Crippen molar-refractivity contribution in [2.24, 2.45) is 5.73 Å². The second-order valence-electron chi connectivity index (χ2n) is 6.33. The lowest BCUT2D eigenvalue weighted by molar-refractivity contribution is 0.102. The van der Waals surface area contributed by atoms with E-state index in [1.165, 1.54) is 0 Å². The van der Waals surface area contributed by atoms with Crippen LogP contribution in [0.2, 0.25) is 0 Å². The van der Waals surface area contributed by atoms with Crippen LogP contribution in [0.5, 0.6) is 0 Å². The maximum atomic E-state index is 12.5. The zero-order valence-electron chi connectivity index (χ0n) is 17.0. The Morgan fingerprint density at radius 2 is 1.87 bits per heavy atom. The van der Waals surface area contributed by atoms with Crippen LogP contribution in [0.1, 0.15) is 36.5 Å². The monoisotopic (exact) mass is 451 g/mol. The molecule has 0 atom stereocenters. The number of benzene rings is 1. The van der Waals surface area contributed by atoms with Crippen LogP contribution in [0.3, 0.4) is 0 Å². The van der Waals surface area contributed by atoms with Crippen molar-refractivity contribution in [2.75, 3.05) is 23.3 Å². The number of pyridine rings is 1. The van der Waals surface area contributed by atoms with E-state index < -0.39 is 0 Å². The first-order valence-electron chi connectivity index (χ1n) is 9.38. The van der Waals surface area contributed by atoms with Gasteiger partial charge in [0.1, 0.15) is 11.6 Å². The fourth-order valence-corrected chi connectivity index (χ4v) is 2.83. The summed E-state index contributed by atoms with van der Waals surface area (Å²) < 4.78 is 0. The lowest BCUT2D eigenvalue weighted by Gasteiger charge is -2.21. The van der Waals surface area contributed by atoms with Gasteiger partial charge in [-0.2, -0.15) is 5.10 Å². The van der Waals surface area contributed by atoms with Crippen molar-refractivity contribution in [3.05, 3.63) is 54.0 Å². The Kier molecular flexibility index (Phi) is 10.2. The van der Waals surface area contributed by atoms with Crippen molar-refractivity contribution in [1.29, 1.82) is 0 Å².